The summed E-state index contributed by atoms with van der Waals surface area (Å²) in [6.07, 6.45) is 7.50. The minimum atomic E-state index is 0.582. The highest BCUT2D eigenvalue weighted by atomic mass is 16.5. The van der Waals surface area contributed by atoms with Crippen molar-refractivity contribution in [3.8, 4) is 0 Å². The Kier molecular flexibility index (Phi) is 2.66. The standard InChI is InChI=1S/C10H19NO/c1-2-5-11-8-6-9-3-4-10(7-8)12-9/h8-11H,2-7H2,1H3. The number of fused-ring (bicyclic) bond motifs is 2. The molecular formula is C10H19NO. The molecule has 0 aliphatic carbocycles. The summed E-state index contributed by atoms with van der Waals surface area (Å²) in [6, 6.07) is 0.746. The number of nitrogens with one attached hydrogen (secondary N) is 1. The van der Waals surface area contributed by atoms with E-state index in [1.165, 1.54) is 38.6 Å². The second kappa shape index (κ2) is 3.75. The summed E-state index contributed by atoms with van der Waals surface area (Å²) in [6.45, 7) is 3.39. The second-order valence-electron chi connectivity index (χ2n) is 4.08. The zero-order chi connectivity index (χ0) is 8.39. The predicted octanol–water partition coefficient (Wildman–Crippen LogP) is 1.70. The van der Waals surface area contributed by atoms with Crippen LogP contribution in [0.4, 0.5) is 0 Å². The molecule has 2 aliphatic rings. The molecular weight excluding hydrogens is 150 g/mol. The molecule has 0 amide bonds. The van der Waals surface area contributed by atoms with Crippen LogP contribution in [0.25, 0.3) is 0 Å². The van der Waals surface area contributed by atoms with Crippen LogP contribution in [0.1, 0.15) is 39.0 Å². The lowest BCUT2D eigenvalue weighted by molar-refractivity contribution is -0.00851. The quantitative estimate of drug-likeness (QED) is 0.694. The third-order valence-corrected chi connectivity index (χ3v) is 2.97. The second-order valence-corrected chi connectivity index (χ2v) is 4.08. The van der Waals surface area contributed by atoms with Gasteiger partial charge in [0.15, 0.2) is 0 Å². The highest BCUT2D eigenvalue weighted by Gasteiger charge is 2.34. The van der Waals surface area contributed by atoms with Gasteiger partial charge in [-0.05, 0) is 38.6 Å². The SMILES string of the molecule is CCCNC1CC2CCC(C1)O2. The van der Waals surface area contributed by atoms with Crippen molar-refractivity contribution in [1.29, 1.82) is 0 Å². The molecule has 2 heteroatoms. The number of ether oxygens (including phenoxy) is 1. The van der Waals surface area contributed by atoms with Crippen molar-refractivity contribution in [2.75, 3.05) is 6.54 Å². The van der Waals surface area contributed by atoms with Crippen LogP contribution in [0.3, 0.4) is 0 Å². The summed E-state index contributed by atoms with van der Waals surface area (Å²) in [4.78, 5) is 0. The number of rotatable bonds is 3. The van der Waals surface area contributed by atoms with Crippen LogP contribution >= 0.6 is 0 Å². The minimum absolute atomic E-state index is 0.582. The molecule has 12 heavy (non-hydrogen) atoms. The van der Waals surface area contributed by atoms with E-state index in [1.807, 2.05) is 0 Å². The maximum absolute atomic E-state index is 5.77. The van der Waals surface area contributed by atoms with Gasteiger partial charge in [-0.25, -0.2) is 0 Å². The van der Waals surface area contributed by atoms with Gasteiger partial charge < -0.3 is 10.1 Å². The Morgan fingerprint density at radius 1 is 1.25 bits per heavy atom. The van der Waals surface area contributed by atoms with E-state index in [2.05, 4.69) is 12.2 Å². The van der Waals surface area contributed by atoms with Gasteiger partial charge in [0.2, 0.25) is 0 Å². The molecule has 0 aromatic rings. The molecule has 2 bridgehead atoms. The highest BCUT2D eigenvalue weighted by Crippen LogP contribution is 2.32. The van der Waals surface area contributed by atoms with Crippen LogP contribution < -0.4 is 5.32 Å². The lowest BCUT2D eigenvalue weighted by Crippen LogP contribution is -2.39. The van der Waals surface area contributed by atoms with Gasteiger partial charge in [-0.2, -0.15) is 0 Å². The summed E-state index contributed by atoms with van der Waals surface area (Å²) in [5.74, 6) is 0. The fourth-order valence-electron chi connectivity index (χ4n) is 2.37. The Balaban J connectivity index is 1.78. The van der Waals surface area contributed by atoms with Crippen molar-refractivity contribution in [2.24, 2.45) is 0 Å². The number of hydrogen-bond donors (Lipinski definition) is 1. The van der Waals surface area contributed by atoms with E-state index in [4.69, 9.17) is 4.74 Å². The van der Waals surface area contributed by atoms with Crippen LogP contribution in [-0.4, -0.2) is 24.8 Å². The third-order valence-electron chi connectivity index (χ3n) is 2.97. The molecule has 70 valence electrons. The average molecular weight is 169 g/mol. The predicted molar refractivity (Wildman–Crippen MR) is 49.2 cm³/mol. The van der Waals surface area contributed by atoms with Crippen molar-refractivity contribution in [3.05, 3.63) is 0 Å². The maximum Gasteiger partial charge on any atom is 0.0594 e. The van der Waals surface area contributed by atoms with Crippen molar-refractivity contribution < 1.29 is 4.74 Å². The van der Waals surface area contributed by atoms with E-state index in [0.717, 1.165) is 6.04 Å². The van der Waals surface area contributed by atoms with Crippen LogP contribution in [0.2, 0.25) is 0 Å². The van der Waals surface area contributed by atoms with Gasteiger partial charge in [0, 0.05) is 6.04 Å². The Morgan fingerprint density at radius 2 is 1.92 bits per heavy atom. The minimum Gasteiger partial charge on any atom is -0.375 e. The van der Waals surface area contributed by atoms with Crippen molar-refractivity contribution in [2.45, 2.75) is 57.3 Å². The summed E-state index contributed by atoms with van der Waals surface area (Å²) < 4.78 is 5.77. The first kappa shape index (κ1) is 8.52. The van der Waals surface area contributed by atoms with Crippen LogP contribution in [0, 0.1) is 0 Å². The molecule has 1 N–H and O–H groups in total. The van der Waals surface area contributed by atoms with Gasteiger partial charge in [-0.15, -0.1) is 0 Å². The molecule has 2 nitrogen and oxygen atoms in total. The third kappa shape index (κ3) is 1.80. The summed E-state index contributed by atoms with van der Waals surface area (Å²) in [5.41, 5.74) is 0. The first-order valence-corrected chi connectivity index (χ1v) is 5.27. The van der Waals surface area contributed by atoms with E-state index >= 15 is 0 Å². The van der Waals surface area contributed by atoms with Crippen LogP contribution in [0.5, 0.6) is 0 Å². The lowest BCUT2D eigenvalue weighted by Gasteiger charge is -2.28. The Morgan fingerprint density at radius 3 is 2.50 bits per heavy atom. The number of hydrogen-bond acceptors (Lipinski definition) is 2. The highest BCUT2D eigenvalue weighted by molar-refractivity contribution is 4.87. The molecule has 2 saturated heterocycles. The van der Waals surface area contributed by atoms with Gasteiger partial charge in [0.05, 0.1) is 12.2 Å². The fraction of sp³-hybridized carbons (Fsp3) is 1.00. The molecule has 2 heterocycles. The van der Waals surface area contributed by atoms with E-state index in [1.54, 1.807) is 0 Å². The average Bonchev–Trinajstić information content (AvgIpc) is 2.42. The van der Waals surface area contributed by atoms with Gasteiger partial charge in [-0.1, -0.05) is 6.92 Å². The van der Waals surface area contributed by atoms with E-state index in [0.29, 0.717) is 12.2 Å². The molecule has 2 atom stereocenters. The molecule has 0 aromatic carbocycles. The smallest absolute Gasteiger partial charge is 0.0594 e. The molecule has 0 saturated carbocycles. The Hall–Kier alpha value is -0.0800. The van der Waals surface area contributed by atoms with Crippen molar-refractivity contribution in [3.63, 3.8) is 0 Å². The topological polar surface area (TPSA) is 21.3 Å². The van der Waals surface area contributed by atoms with Crippen molar-refractivity contribution in [1.82, 2.24) is 5.32 Å². The summed E-state index contributed by atoms with van der Waals surface area (Å²) >= 11 is 0. The first-order chi connectivity index (χ1) is 5.88. The summed E-state index contributed by atoms with van der Waals surface area (Å²) in [7, 11) is 0. The van der Waals surface area contributed by atoms with Gasteiger partial charge in [0.25, 0.3) is 0 Å². The molecule has 0 aromatic heterocycles. The van der Waals surface area contributed by atoms with Gasteiger partial charge >= 0.3 is 0 Å². The molecule has 0 radical (unpaired) electrons. The summed E-state index contributed by atoms with van der Waals surface area (Å²) in [5, 5.41) is 3.59. The zero-order valence-corrected chi connectivity index (χ0v) is 7.88. The van der Waals surface area contributed by atoms with Crippen LogP contribution in [-0.2, 0) is 4.74 Å². The Labute approximate surface area is 74.7 Å². The van der Waals surface area contributed by atoms with Crippen LogP contribution in [0.15, 0.2) is 0 Å². The lowest BCUT2D eigenvalue weighted by atomic mass is 10.0. The normalized spacial score (nSPS) is 40.2. The Bertz CT molecular complexity index is 137. The van der Waals surface area contributed by atoms with E-state index in [9.17, 15) is 0 Å². The molecule has 2 aliphatic heterocycles. The fourth-order valence-corrected chi connectivity index (χ4v) is 2.37. The monoisotopic (exact) mass is 169 g/mol. The largest absolute Gasteiger partial charge is 0.375 e. The zero-order valence-electron chi connectivity index (χ0n) is 7.88. The maximum atomic E-state index is 5.77. The molecule has 0 spiro atoms. The molecule has 2 rings (SSSR count). The molecule has 2 unspecified atom stereocenters. The van der Waals surface area contributed by atoms with E-state index < -0.39 is 0 Å². The van der Waals surface area contributed by atoms with Gasteiger partial charge in [-0.3, -0.25) is 0 Å². The van der Waals surface area contributed by atoms with Gasteiger partial charge in [0.1, 0.15) is 0 Å². The first-order valence-electron chi connectivity index (χ1n) is 5.27. The van der Waals surface area contributed by atoms with Crippen molar-refractivity contribution >= 4 is 0 Å². The van der Waals surface area contributed by atoms with E-state index in [-0.39, 0.29) is 0 Å². The molecule has 2 fully saturated rings.